The fraction of sp³-hybridized carbons (Fsp3) is 0.263. The SMILES string of the molecule is COc1cncc(OCc2cccnc2C(C=CN)=NC(C)C)c1C=O. The number of pyridine rings is 2. The Morgan fingerprint density at radius 1 is 1.35 bits per heavy atom. The monoisotopic (exact) mass is 354 g/mol. The highest BCUT2D eigenvalue weighted by Crippen LogP contribution is 2.26. The second-order valence-corrected chi connectivity index (χ2v) is 5.64. The standard InChI is InChI=1S/C19H22N4O3/c1-13(2)23-16(6-7-20)19-14(5-4-8-22-19)12-26-18-10-21-9-17(25-3)15(18)11-24/h4-11,13H,12,20H2,1-3H3. The molecule has 7 nitrogen and oxygen atoms in total. The van der Waals surface area contributed by atoms with Crippen LogP contribution in [0.4, 0.5) is 0 Å². The summed E-state index contributed by atoms with van der Waals surface area (Å²) in [6.45, 7) is 4.14. The average molecular weight is 354 g/mol. The number of carbonyl (C=O) groups is 1. The van der Waals surface area contributed by atoms with Crippen LogP contribution in [0.1, 0.15) is 35.5 Å². The van der Waals surface area contributed by atoms with E-state index < -0.39 is 0 Å². The van der Waals surface area contributed by atoms with Crippen LogP contribution in [0.3, 0.4) is 0 Å². The van der Waals surface area contributed by atoms with Crippen molar-refractivity contribution in [3.05, 3.63) is 59.8 Å². The molecule has 0 bridgehead atoms. The number of allylic oxidation sites excluding steroid dienone is 1. The summed E-state index contributed by atoms with van der Waals surface area (Å²) >= 11 is 0. The van der Waals surface area contributed by atoms with Gasteiger partial charge in [-0.1, -0.05) is 6.07 Å². The molecule has 0 saturated carbocycles. The number of aldehydes is 1. The minimum atomic E-state index is 0.0845. The number of hydrogen-bond acceptors (Lipinski definition) is 7. The van der Waals surface area contributed by atoms with Crippen LogP contribution in [0, 0.1) is 0 Å². The van der Waals surface area contributed by atoms with E-state index >= 15 is 0 Å². The summed E-state index contributed by atoms with van der Waals surface area (Å²) in [7, 11) is 1.47. The Morgan fingerprint density at radius 3 is 2.77 bits per heavy atom. The van der Waals surface area contributed by atoms with Crippen molar-refractivity contribution in [2.75, 3.05) is 7.11 Å². The topological polar surface area (TPSA) is 99.7 Å². The lowest BCUT2D eigenvalue weighted by atomic mass is 10.1. The Hall–Kier alpha value is -3.22. The molecule has 2 heterocycles. The van der Waals surface area contributed by atoms with E-state index in [1.54, 1.807) is 12.3 Å². The third-order valence-corrected chi connectivity index (χ3v) is 3.42. The number of hydrogen-bond donors (Lipinski definition) is 1. The normalized spacial score (nSPS) is 11.8. The van der Waals surface area contributed by atoms with Crippen molar-refractivity contribution in [3.8, 4) is 11.5 Å². The fourth-order valence-electron chi connectivity index (χ4n) is 2.32. The van der Waals surface area contributed by atoms with Crippen LogP contribution in [0.5, 0.6) is 11.5 Å². The van der Waals surface area contributed by atoms with E-state index in [0.29, 0.717) is 34.8 Å². The molecule has 26 heavy (non-hydrogen) atoms. The second-order valence-electron chi connectivity index (χ2n) is 5.64. The summed E-state index contributed by atoms with van der Waals surface area (Å²) in [5.74, 6) is 0.697. The number of aliphatic imine (C=N–C) groups is 1. The number of nitrogens with two attached hydrogens (primary N) is 1. The van der Waals surface area contributed by atoms with Gasteiger partial charge in [-0.2, -0.15) is 0 Å². The lowest BCUT2D eigenvalue weighted by molar-refractivity contribution is 0.111. The summed E-state index contributed by atoms with van der Waals surface area (Å²) in [5.41, 5.74) is 8.01. The van der Waals surface area contributed by atoms with Gasteiger partial charge in [0, 0.05) is 17.8 Å². The lowest BCUT2D eigenvalue weighted by Crippen LogP contribution is -2.11. The molecule has 0 atom stereocenters. The molecule has 0 aliphatic carbocycles. The highest BCUT2D eigenvalue weighted by molar-refractivity contribution is 6.08. The summed E-state index contributed by atoms with van der Waals surface area (Å²) in [6, 6.07) is 3.78. The zero-order chi connectivity index (χ0) is 18.9. The van der Waals surface area contributed by atoms with Gasteiger partial charge >= 0.3 is 0 Å². The van der Waals surface area contributed by atoms with Crippen LogP contribution in [0.2, 0.25) is 0 Å². The van der Waals surface area contributed by atoms with E-state index in [4.69, 9.17) is 15.2 Å². The molecule has 0 spiro atoms. The van der Waals surface area contributed by atoms with Gasteiger partial charge in [0.25, 0.3) is 0 Å². The Bertz CT molecular complexity index is 816. The Labute approximate surface area is 152 Å². The zero-order valence-corrected chi connectivity index (χ0v) is 15.0. The summed E-state index contributed by atoms with van der Waals surface area (Å²) in [6.07, 6.45) is 8.44. The molecule has 2 aromatic heterocycles. The first-order valence-corrected chi connectivity index (χ1v) is 8.11. The second kappa shape index (κ2) is 9.31. The first kappa shape index (κ1) is 19.1. The third kappa shape index (κ3) is 4.66. The summed E-state index contributed by atoms with van der Waals surface area (Å²) < 4.78 is 10.9. The molecular weight excluding hydrogens is 332 g/mol. The van der Waals surface area contributed by atoms with Crippen molar-refractivity contribution in [3.63, 3.8) is 0 Å². The van der Waals surface area contributed by atoms with Gasteiger partial charge in [-0.05, 0) is 32.2 Å². The molecular formula is C19H22N4O3. The quantitative estimate of drug-likeness (QED) is 0.578. The van der Waals surface area contributed by atoms with Crippen LogP contribution in [-0.2, 0) is 6.61 Å². The van der Waals surface area contributed by atoms with E-state index in [2.05, 4.69) is 15.0 Å². The average Bonchev–Trinajstić information content (AvgIpc) is 2.65. The van der Waals surface area contributed by atoms with Crippen LogP contribution in [-0.4, -0.2) is 35.1 Å². The van der Waals surface area contributed by atoms with Gasteiger partial charge in [-0.3, -0.25) is 19.8 Å². The number of carbonyl (C=O) groups excluding carboxylic acids is 1. The van der Waals surface area contributed by atoms with Gasteiger partial charge in [0.1, 0.15) is 12.2 Å². The van der Waals surface area contributed by atoms with Gasteiger partial charge in [-0.15, -0.1) is 0 Å². The smallest absolute Gasteiger partial charge is 0.157 e. The largest absolute Gasteiger partial charge is 0.494 e. The van der Waals surface area contributed by atoms with Crippen LogP contribution in [0.25, 0.3) is 0 Å². The Morgan fingerprint density at radius 2 is 2.12 bits per heavy atom. The van der Waals surface area contributed by atoms with Crippen molar-refractivity contribution >= 4 is 12.0 Å². The highest BCUT2D eigenvalue weighted by Gasteiger charge is 2.13. The van der Waals surface area contributed by atoms with Crippen molar-refractivity contribution in [2.45, 2.75) is 26.5 Å². The number of rotatable bonds is 8. The van der Waals surface area contributed by atoms with Crippen molar-refractivity contribution < 1.29 is 14.3 Å². The number of aromatic nitrogens is 2. The van der Waals surface area contributed by atoms with Crippen LogP contribution >= 0.6 is 0 Å². The summed E-state index contributed by atoms with van der Waals surface area (Å²) in [5, 5.41) is 0. The first-order valence-electron chi connectivity index (χ1n) is 8.11. The fourth-order valence-corrected chi connectivity index (χ4v) is 2.32. The molecule has 0 aromatic carbocycles. The number of methoxy groups -OCH3 is 1. The molecule has 0 saturated heterocycles. The van der Waals surface area contributed by atoms with E-state index in [1.165, 1.54) is 25.7 Å². The molecule has 7 heteroatoms. The predicted molar refractivity (Wildman–Crippen MR) is 99.7 cm³/mol. The molecule has 0 aliphatic rings. The molecule has 0 unspecified atom stereocenters. The Balaban J connectivity index is 2.34. The van der Waals surface area contributed by atoms with Crippen molar-refractivity contribution in [1.29, 1.82) is 0 Å². The number of ether oxygens (including phenoxy) is 2. The summed E-state index contributed by atoms with van der Waals surface area (Å²) in [4.78, 5) is 24.4. The van der Waals surface area contributed by atoms with Crippen LogP contribution < -0.4 is 15.2 Å². The maximum Gasteiger partial charge on any atom is 0.157 e. The van der Waals surface area contributed by atoms with Gasteiger partial charge in [-0.25, -0.2) is 0 Å². The molecule has 0 amide bonds. The highest BCUT2D eigenvalue weighted by atomic mass is 16.5. The van der Waals surface area contributed by atoms with Crippen molar-refractivity contribution in [1.82, 2.24) is 9.97 Å². The molecule has 136 valence electrons. The minimum absolute atomic E-state index is 0.0845. The first-order chi connectivity index (χ1) is 12.6. The predicted octanol–water partition coefficient (Wildman–Crippen LogP) is 2.55. The molecule has 0 aliphatic heterocycles. The van der Waals surface area contributed by atoms with Gasteiger partial charge in [0.05, 0.1) is 30.9 Å². The third-order valence-electron chi connectivity index (χ3n) is 3.42. The molecule has 2 aromatic rings. The zero-order valence-electron chi connectivity index (χ0n) is 15.0. The molecule has 0 radical (unpaired) electrons. The molecule has 2 rings (SSSR count). The lowest BCUT2D eigenvalue weighted by Gasteiger charge is -2.13. The molecule has 2 N–H and O–H groups in total. The van der Waals surface area contributed by atoms with Gasteiger partial charge in [0.2, 0.25) is 0 Å². The van der Waals surface area contributed by atoms with E-state index in [-0.39, 0.29) is 12.6 Å². The molecule has 0 fully saturated rings. The van der Waals surface area contributed by atoms with Crippen LogP contribution in [0.15, 0.2) is 48.0 Å². The van der Waals surface area contributed by atoms with E-state index in [9.17, 15) is 4.79 Å². The minimum Gasteiger partial charge on any atom is -0.494 e. The Kier molecular flexibility index (Phi) is 6.84. The number of nitrogens with zero attached hydrogens (tertiary/aromatic N) is 3. The van der Waals surface area contributed by atoms with E-state index in [1.807, 2.05) is 26.0 Å². The maximum absolute atomic E-state index is 11.4. The maximum atomic E-state index is 11.4. The van der Waals surface area contributed by atoms with E-state index in [0.717, 1.165) is 5.56 Å². The van der Waals surface area contributed by atoms with Gasteiger partial charge in [0.15, 0.2) is 17.8 Å². The van der Waals surface area contributed by atoms with Gasteiger partial charge < -0.3 is 15.2 Å². The van der Waals surface area contributed by atoms with Crippen molar-refractivity contribution in [2.24, 2.45) is 10.7 Å².